The summed E-state index contributed by atoms with van der Waals surface area (Å²) in [6, 6.07) is 0. The molecule has 82 valence electrons. The molecule has 0 amide bonds. The van der Waals surface area contributed by atoms with Crippen molar-refractivity contribution in [1.82, 2.24) is 10.4 Å². The highest BCUT2D eigenvalue weighted by Crippen LogP contribution is 2.20. The van der Waals surface area contributed by atoms with Gasteiger partial charge in [-0.2, -0.15) is 0 Å². The van der Waals surface area contributed by atoms with Crippen molar-refractivity contribution in [1.29, 1.82) is 0 Å². The average molecular weight is 200 g/mol. The van der Waals surface area contributed by atoms with E-state index in [0.29, 0.717) is 0 Å². The van der Waals surface area contributed by atoms with Crippen LogP contribution in [-0.2, 0) is 9.53 Å². The maximum absolute atomic E-state index is 11.1. The Morgan fingerprint density at radius 2 is 2.00 bits per heavy atom. The molecule has 0 aliphatic carbocycles. The van der Waals surface area contributed by atoms with E-state index in [4.69, 9.17) is 4.74 Å². The van der Waals surface area contributed by atoms with Gasteiger partial charge in [0.05, 0.1) is 0 Å². The van der Waals surface area contributed by atoms with Gasteiger partial charge in [0.1, 0.15) is 0 Å². The van der Waals surface area contributed by atoms with Crippen LogP contribution in [0.2, 0.25) is 0 Å². The molecule has 0 spiro atoms. The summed E-state index contributed by atoms with van der Waals surface area (Å²) in [5.41, 5.74) is 2.86. The summed E-state index contributed by atoms with van der Waals surface area (Å²) in [5, 5.41) is 1.76. The monoisotopic (exact) mass is 200 g/mol. The molecule has 0 aromatic heterocycles. The Labute approximate surface area is 85.9 Å². The fraction of sp³-hybridized carbons (Fsp3) is 0.700. The lowest BCUT2D eigenvalue weighted by Crippen LogP contribution is -2.49. The van der Waals surface area contributed by atoms with E-state index in [1.807, 2.05) is 34.9 Å². The lowest BCUT2D eigenvalue weighted by Gasteiger charge is -2.32. The highest BCUT2D eigenvalue weighted by Gasteiger charge is 2.27. The minimum Gasteiger partial charge on any atom is -0.442 e. The molecule has 0 bridgehead atoms. The fourth-order valence-corrected chi connectivity index (χ4v) is 0.796. The van der Waals surface area contributed by atoms with E-state index in [-0.39, 0.29) is 11.6 Å². The predicted octanol–water partition coefficient (Wildman–Crippen LogP) is 1.15. The molecule has 1 N–H and O–H groups in total. The molecule has 0 rings (SSSR count). The van der Waals surface area contributed by atoms with Crippen LogP contribution >= 0.6 is 0 Å². The summed E-state index contributed by atoms with van der Waals surface area (Å²) >= 11 is 0. The van der Waals surface area contributed by atoms with E-state index in [9.17, 15) is 4.79 Å². The molecule has 0 saturated heterocycles. The number of hydrogen-bond donors (Lipinski definition) is 1. The van der Waals surface area contributed by atoms with Crippen molar-refractivity contribution in [3.05, 3.63) is 12.7 Å². The van der Waals surface area contributed by atoms with Gasteiger partial charge in [-0.3, -0.25) is 0 Å². The summed E-state index contributed by atoms with van der Waals surface area (Å²) in [6.45, 7) is 9.33. The van der Waals surface area contributed by atoms with Crippen molar-refractivity contribution in [2.75, 3.05) is 14.1 Å². The summed E-state index contributed by atoms with van der Waals surface area (Å²) in [4.78, 5) is 11.1. The minimum atomic E-state index is -0.417. The lowest BCUT2D eigenvalue weighted by atomic mass is 9.94. The Kier molecular flexibility index (Phi) is 4.80. The third-order valence-corrected chi connectivity index (χ3v) is 1.56. The van der Waals surface area contributed by atoms with E-state index in [1.54, 1.807) is 5.01 Å². The second kappa shape index (κ2) is 5.12. The second-order valence-electron chi connectivity index (χ2n) is 4.41. The summed E-state index contributed by atoms with van der Waals surface area (Å²) < 4.78 is 5.17. The van der Waals surface area contributed by atoms with Gasteiger partial charge < -0.3 is 4.74 Å². The predicted molar refractivity (Wildman–Crippen MR) is 56.4 cm³/mol. The van der Waals surface area contributed by atoms with Crippen LogP contribution in [-0.4, -0.2) is 31.3 Å². The van der Waals surface area contributed by atoms with E-state index in [0.717, 1.165) is 6.08 Å². The molecule has 0 heterocycles. The number of hydrogen-bond acceptors (Lipinski definition) is 4. The molecule has 0 aromatic rings. The number of ether oxygens (including phenoxy) is 1. The van der Waals surface area contributed by atoms with Crippen molar-refractivity contribution < 1.29 is 9.53 Å². The van der Waals surface area contributed by atoms with Crippen LogP contribution in [0.3, 0.4) is 0 Å². The Balaban J connectivity index is 4.40. The van der Waals surface area contributed by atoms with Crippen LogP contribution in [0.15, 0.2) is 12.7 Å². The van der Waals surface area contributed by atoms with Crippen LogP contribution in [0, 0.1) is 5.41 Å². The van der Waals surface area contributed by atoms with Crippen molar-refractivity contribution in [3.8, 4) is 0 Å². The molecular weight excluding hydrogens is 180 g/mol. The molecule has 0 saturated carbocycles. The van der Waals surface area contributed by atoms with Gasteiger partial charge in [-0.1, -0.05) is 27.4 Å². The minimum absolute atomic E-state index is 0.164. The molecule has 4 nitrogen and oxygen atoms in total. The van der Waals surface area contributed by atoms with Crippen LogP contribution in [0.5, 0.6) is 0 Å². The van der Waals surface area contributed by atoms with Crippen molar-refractivity contribution in [2.45, 2.75) is 27.0 Å². The van der Waals surface area contributed by atoms with Gasteiger partial charge in [0.25, 0.3) is 0 Å². The maximum Gasteiger partial charge on any atom is 0.331 e. The number of hydrazine groups is 1. The molecular formula is C10H20N2O2. The highest BCUT2D eigenvalue weighted by atomic mass is 16.6. The molecule has 14 heavy (non-hydrogen) atoms. The Morgan fingerprint density at radius 3 is 2.29 bits per heavy atom. The van der Waals surface area contributed by atoms with E-state index < -0.39 is 5.97 Å². The SMILES string of the molecule is C=CC(=O)OC(NN(C)C)C(C)(C)C. The molecule has 1 unspecified atom stereocenters. The van der Waals surface area contributed by atoms with Crippen LogP contribution in [0.1, 0.15) is 20.8 Å². The van der Waals surface area contributed by atoms with Crippen LogP contribution < -0.4 is 5.43 Å². The maximum atomic E-state index is 11.1. The standard InChI is InChI=1S/C10H20N2O2/c1-7-8(13)14-9(10(2,3)4)11-12(5)6/h7,9,11H,1H2,2-6H3. The molecule has 0 fully saturated rings. The second-order valence-corrected chi connectivity index (χ2v) is 4.41. The van der Waals surface area contributed by atoms with Gasteiger partial charge in [-0.25, -0.2) is 15.2 Å². The Hall–Kier alpha value is -0.870. The largest absolute Gasteiger partial charge is 0.442 e. The molecule has 0 aromatic carbocycles. The summed E-state index contributed by atoms with van der Waals surface area (Å²) in [7, 11) is 3.70. The number of carbonyl (C=O) groups is 1. The smallest absolute Gasteiger partial charge is 0.331 e. The van der Waals surface area contributed by atoms with Gasteiger partial charge in [0.15, 0.2) is 6.23 Å². The third kappa shape index (κ3) is 4.99. The van der Waals surface area contributed by atoms with Gasteiger partial charge in [0.2, 0.25) is 0 Å². The van der Waals surface area contributed by atoms with E-state index in [2.05, 4.69) is 12.0 Å². The summed E-state index contributed by atoms with van der Waals surface area (Å²) in [5.74, 6) is -0.417. The first-order valence-electron chi connectivity index (χ1n) is 4.54. The number of carbonyl (C=O) groups excluding carboxylic acids is 1. The first kappa shape index (κ1) is 13.1. The summed E-state index contributed by atoms with van der Waals surface area (Å²) in [6.07, 6.45) is 0.804. The first-order chi connectivity index (χ1) is 6.27. The van der Waals surface area contributed by atoms with Gasteiger partial charge >= 0.3 is 5.97 Å². The molecule has 4 heteroatoms. The van der Waals surface area contributed by atoms with Crippen molar-refractivity contribution in [2.24, 2.45) is 5.41 Å². The zero-order chi connectivity index (χ0) is 11.4. The van der Waals surface area contributed by atoms with E-state index in [1.165, 1.54) is 0 Å². The van der Waals surface area contributed by atoms with Gasteiger partial charge in [-0.05, 0) is 0 Å². The normalized spacial score (nSPS) is 13.9. The molecule has 0 aliphatic heterocycles. The number of rotatable bonds is 4. The molecule has 0 radical (unpaired) electrons. The van der Waals surface area contributed by atoms with Crippen LogP contribution in [0.4, 0.5) is 0 Å². The first-order valence-corrected chi connectivity index (χ1v) is 4.54. The quantitative estimate of drug-likeness (QED) is 0.320. The topological polar surface area (TPSA) is 41.6 Å². The third-order valence-electron chi connectivity index (χ3n) is 1.56. The van der Waals surface area contributed by atoms with Gasteiger partial charge in [0, 0.05) is 25.6 Å². The average Bonchev–Trinajstić information content (AvgIpc) is 2.00. The number of nitrogens with zero attached hydrogens (tertiary/aromatic N) is 1. The van der Waals surface area contributed by atoms with Crippen molar-refractivity contribution >= 4 is 5.97 Å². The Morgan fingerprint density at radius 1 is 1.50 bits per heavy atom. The fourth-order valence-electron chi connectivity index (χ4n) is 0.796. The van der Waals surface area contributed by atoms with Crippen LogP contribution in [0.25, 0.3) is 0 Å². The number of esters is 1. The zero-order valence-electron chi connectivity index (χ0n) is 9.63. The lowest BCUT2D eigenvalue weighted by molar-refractivity contribution is -0.155. The molecule has 1 atom stereocenters. The van der Waals surface area contributed by atoms with Crippen molar-refractivity contribution in [3.63, 3.8) is 0 Å². The Bertz CT molecular complexity index is 207. The molecule has 0 aliphatic rings. The van der Waals surface area contributed by atoms with Gasteiger partial charge in [-0.15, -0.1) is 0 Å². The highest BCUT2D eigenvalue weighted by molar-refractivity contribution is 5.81. The number of nitrogens with one attached hydrogen (secondary N) is 1. The van der Waals surface area contributed by atoms with E-state index >= 15 is 0 Å². The zero-order valence-corrected chi connectivity index (χ0v) is 9.63.